The number of fused-ring (bicyclic) bond motifs is 2. The minimum Gasteiger partial charge on any atom is -0.341 e. The van der Waals surface area contributed by atoms with Crippen LogP contribution in [0, 0.1) is 0 Å². The first-order valence-electron chi connectivity index (χ1n) is 12.3. The van der Waals surface area contributed by atoms with Gasteiger partial charge < -0.3 is 4.98 Å². The maximum atomic E-state index is 12.5. The second-order valence-electron chi connectivity index (χ2n) is 9.04. The zero-order valence-electron chi connectivity index (χ0n) is 19.7. The van der Waals surface area contributed by atoms with Crippen LogP contribution in [-0.4, -0.2) is 41.4 Å². The lowest BCUT2D eigenvalue weighted by atomic mass is 9.90. The molecule has 1 aliphatic carbocycles. The van der Waals surface area contributed by atoms with Crippen LogP contribution in [0.2, 0.25) is 0 Å². The molecule has 8 heteroatoms. The Hall–Kier alpha value is -3.07. The number of benzene rings is 2. The molecule has 1 aliphatic rings. The van der Waals surface area contributed by atoms with Crippen LogP contribution in [0.15, 0.2) is 77.8 Å². The number of para-hydroxylation sites is 2. The van der Waals surface area contributed by atoms with Gasteiger partial charge in [0, 0.05) is 12.7 Å². The maximum Gasteiger partial charge on any atom is 0.240 e. The van der Waals surface area contributed by atoms with Gasteiger partial charge in [0.15, 0.2) is 0 Å². The molecule has 4 aromatic rings. The number of pyridine rings is 1. The SMILES string of the molecule is O=S(=O)(NCCCCN(Cc1nc2ccccc2[nH]1)C1CCCc2cccnc21)c1ccccc1. The van der Waals surface area contributed by atoms with Gasteiger partial charge in [0.2, 0.25) is 10.0 Å². The number of rotatable bonds is 10. The topological polar surface area (TPSA) is 91.0 Å². The summed E-state index contributed by atoms with van der Waals surface area (Å²) in [6.45, 7) is 1.95. The Kier molecular flexibility index (Phi) is 7.22. The minimum atomic E-state index is -3.47. The standard InChI is InChI=1S/C27H31N5O2S/c33-35(34,22-12-2-1-3-13-22)29-18-6-7-19-32(20-26-30-23-14-4-5-15-24(23)31-26)25-16-8-10-21-11-9-17-28-27(21)25/h1-5,9,11-15,17,25,29H,6-8,10,16,18-20H2,(H,30,31). The van der Waals surface area contributed by atoms with E-state index >= 15 is 0 Å². The number of nitrogens with zero attached hydrogens (tertiary/aromatic N) is 3. The maximum absolute atomic E-state index is 12.5. The molecule has 0 amide bonds. The molecule has 0 radical (unpaired) electrons. The summed E-state index contributed by atoms with van der Waals surface area (Å²) in [5.74, 6) is 0.944. The molecule has 0 fully saturated rings. The third-order valence-corrected chi connectivity index (χ3v) is 8.09. The number of nitrogens with one attached hydrogen (secondary N) is 2. The summed E-state index contributed by atoms with van der Waals surface area (Å²) in [4.78, 5) is 15.8. The van der Waals surface area contributed by atoms with Crippen molar-refractivity contribution in [3.05, 3.63) is 90.0 Å². The van der Waals surface area contributed by atoms with E-state index in [1.54, 1.807) is 24.3 Å². The first kappa shape index (κ1) is 23.7. The zero-order chi connectivity index (χ0) is 24.1. The van der Waals surface area contributed by atoms with Crippen molar-refractivity contribution in [1.29, 1.82) is 0 Å². The predicted molar refractivity (Wildman–Crippen MR) is 137 cm³/mol. The number of sulfonamides is 1. The van der Waals surface area contributed by atoms with Gasteiger partial charge in [-0.15, -0.1) is 0 Å². The summed E-state index contributed by atoms with van der Waals surface area (Å²) in [5.41, 5.74) is 4.51. The van der Waals surface area contributed by atoms with Crippen molar-refractivity contribution in [3.63, 3.8) is 0 Å². The number of hydrogen-bond acceptors (Lipinski definition) is 5. The summed E-state index contributed by atoms with van der Waals surface area (Å²) < 4.78 is 27.7. The molecule has 0 saturated carbocycles. The first-order valence-corrected chi connectivity index (χ1v) is 13.7. The molecule has 2 heterocycles. The highest BCUT2D eigenvalue weighted by Gasteiger charge is 2.27. The Morgan fingerprint density at radius 2 is 1.83 bits per heavy atom. The van der Waals surface area contributed by atoms with Crippen molar-refractivity contribution in [3.8, 4) is 0 Å². The second kappa shape index (κ2) is 10.7. The average molecular weight is 490 g/mol. The van der Waals surface area contributed by atoms with Crippen LogP contribution in [0.4, 0.5) is 0 Å². The summed E-state index contributed by atoms with van der Waals surface area (Å²) in [7, 11) is -3.47. The van der Waals surface area contributed by atoms with Gasteiger partial charge in [-0.05, 0) is 74.5 Å². The molecule has 0 bridgehead atoms. The van der Waals surface area contributed by atoms with Gasteiger partial charge >= 0.3 is 0 Å². The van der Waals surface area contributed by atoms with E-state index in [9.17, 15) is 8.42 Å². The van der Waals surface area contributed by atoms with Crippen LogP contribution >= 0.6 is 0 Å². The van der Waals surface area contributed by atoms with Crippen LogP contribution in [-0.2, 0) is 23.0 Å². The lowest BCUT2D eigenvalue weighted by Crippen LogP contribution is -2.33. The molecule has 2 aromatic heterocycles. The molecule has 0 spiro atoms. The molecular formula is C27H31N5O2S. The van der Waals surface area contributed by atoms with Gasteiger partial charge in [0.05, 0.1) is 34.2 Å². The molecule has 1 unspecified atom stereocenters. The van der Waals surface area contributed by atoms with E-state index in [1.807, 2.05) is 42.6 Å². The highest BCUT2D eigenvalue weighted by molar-refractivity contribution is 7.89. The smallest absolute Gasteiger partial charge is 0.240 e. The van der Waals surface area contributed by atoms with E-state index in [2.05, 4.69) is 20.7 Å². The summed E-state index contributed by atoms with van der Waals surface area (Å²) in [5, 5.41) is 0. The van der Waals surface area contributed by atoms with Crippen LogP contribution in [0.5, 0.6) is 0 Å². The van der Waals surface area contributed by atoms with Gasteiger partial charge in [-0.1, -0.05) is 36.4 Å². The number of hydrogen-bond donors (Lipinski definition) is 2. The van der Waals surface area contributed by atoms with Crippen molar-refractivity contribution >= 4 is 21.1 Å². The molecule has 0 aliphatic heterocycles. The quantitative estimate of drug-likeness (QED) is 0.318. The molecule has 2 aromatic carbocycles. The molecular weight excluding hydrogens is 458 g/mol. The van der Waals surface area contributed by atoms with E-state index in [0.29, 0.717) is 18.0 Å². The number of aromatic nitrogens is 3. The van der Waals surface area contributed by atoms with Gasteiger partial charge in [0.1, 0.15) is 5.82 Å². The highest BCUT2D eigenvalue weighted by atomic mass is 32.2. The number of imidazole rings is 1. The van der Waals surface area contributed by atoms with Crippen molar-refractivity contribution in [2.75, 3.05) is 13.1 Å². The molecule has 0 saturated heterocycles. The van der Waals surface area contributed by atoms with Crippen molar-refractivity contribution < 1.29 is 8.42 Å². The fraction of sp³-hybridized carbons (Fsp3) is 0.333. The summed E-state index contributed by atoms with van der Waals surface area (Å²) in [6, 6.07) is 21.0. The minimum absolute atomic E-state index is 0.231. The predicted octanol–water partition coefficient (Wildman–Crippen LogP) is 4.60. The normalized spacial score (nSPS) is 16.0. The van der Waals surface area contributed by atoms with Crippen LogP contribution in [0.1, 0.15) is 48.8 Å². The zero-order valence-corrected chi connectivity index (χ0v) is 20.5. The van der Waals surface area contributed by atoms with Crippen molar-refractivity contribution in [2.45, 2.75) is 49.6 Å². The van der Waals surface area contributed by atoms with Gasteiger partial charge in [-0.25, -0.2) is 18.1 Å². The van der Waals surface area contributed by atoms with Gasteiger partial charge in [-0.3, -0.25) is 9.88 Å². The number of aromatic amines is 1. The Labute approximate surface area is 206 Å². The molecule has 7 nitrogen and oxygen atoms in total. The first-order chi connectivity index (χ1) is 17.1. The van der Waals surface area contributed by atoms with Crippen LogP contribution in [0.3, 0.4) is 0 Å². The molecule has 182 valence electrons. The lowest BCUT2D eigenvalue weighted by Gasteiger charge is -2.34. The van der Waals surface area contributed by atoms with E-state index < -0.39 is 10.0 Å². The van der Waals surface area contributed by atoms with E-state index in [4.69, 9.17) is 9.97 Å². The lowest BCUT2D eigenvalue weighted by molar-refractivity contribution is 0.159. The number of H-pyrrole nitrogens is 1. The molecule has 1 atom stereocenters. The fourth-order valence-electron chi connectivity index (χ4n) is 4.89. The Morgan fingerprint density at radius 3 is 2.69 bits per heavy atom. The third-order valence-electron chi connectivity index (χ3n) is 6.62. The number of unbranched alkanes of at least 4 members (excludes halogenated alkanes) is 1. The molecule has 35 heavy (non-hydrogen) atoms. The summed E-state index contributed by atoms with van der Waals surface area (Å²) >= 11 is 0. The Balaban J connectivity index is 1.27. The monoisotopic (exact) mass is 489 g/mol. The largest absolute Gasteiger partial charge is 0.341 e. The van der Waals surface area contributed by atoms with Crippen LogP contribution in [0.25, 0.3) is 11.0 Å². The Morgan fingerprint density at radius 1 is 1.00 bits per heavy atom. The fourth-order valence-corrected chi connectivity index (χ4v) is 5.98. The second-order valence-corrected chi connectivity index (χ2v) is 10.8. The number of aryl methyl sites for hydroxylation is 1. The van der Waals surface area contributed by atoms with E-state index in [-0.39, 0.29) is 6.04 Å². The van der Waals surface area contributed by atoms with Crippen molar-refractivity contribution in [2.24, 2.45) is 0 Å². The van der Waals surface area contributed by atoms with E-state index in [1.165, 1.54) is 11.3 Å². The Bertz CT molecular complexity index is 1340. The molecule has 2 N–H and O–H groups in total. The summed E-state index contributed by atoms with van der Waals surface area (Å²) in [6.07, 6.45) is 6.77. The van der Waals surface area contributed by atoms with Gasteiger partial charge in [0.25, 0.3) is 0 Å². The third kappa shape index (κ3) is 5.61. The molecule has 5 rings (SSSR count). The van der Waals surface area contributed by atoms with E-state index in [0.717, 1.165) is 55.5 Å². The highest BCUT2D eigenvalue weighted by Crippen LogP contribution is 2.33. The van der Waals surface area contributed by atoms with Crippen molar-refractivity contribution in [1.82, 2.24) is 24.6 Å². The van der Waals surface area contributed by atoms with Gasteiger partial charge in [-0.2, -0.15) is 0 Å². The average Bonchev–Trinajstić information content (AvgIpc) is 3.30. The van der Waals surface area contributed by atoms with Crippen LogP contribution < -0.4 is 4.72 Å².